The number of ketones is 1. The lowest BCUT2D eigenvalue weighted by atomic mass is 9.76. The number of aliphatic hydroxyl groups excluding tert-OH is 1. The predicted octanol–water partition coefficient (Wildman–Crippen LogP) is 3.81. The van der Waals surface area contributed by atoms with Crippen molar-refractivity contribution < 1.29 is 14.6 Å². The Balaban J connectivity index is 1.28. The fourth-order valence-corrected chi connectivity index (χ4v) is 6.32. The summed E-state index contributed by atoms with van der Waals surface area (Å²) in [5.74, 6) is 0.756. The second-order valence-corrected chi connectivity index (χ2v) is 10.5. The number of rotatable bonds is 7. The van der Waals surface area contributed by atoms with Crippen LogP contribution in [0.4, 0.5) is 0 Å². The molecule has 0 bridgehead atoms. The lowest BCUT2D eigenvalue weighted by molar-refractivity contribution is 0.0157. The van der Waals surface area contributed by atoms with Crippen LogP contribution in [-0.4, -0.2) is 77.2 Å². The number of piperidine rings is 2. The van der Waals surface area contributed by atoms with Crippen LogP contribution in [0.3, 0.4) is 0 Å². The molecule has 3 aromatic rings. The van der Waals surface area contributed by atoms with Crippen molar-refractivity contribution >= 4 is 16.7 Å². The summed E-state index contributed by atoms with van der Waals surface area (Å²) in [5.41, 5.74) is 1.94. The summed E-state index contributed by atoms with van der Waals surface area (Å²) in [6.45, 7) is 5.45. The van der Waals surface area contributed by atoms with E-state index in [0.29, 0.717) is 12.5 Å². The maximum atomic E-state index is 14.5. The lowest BCUT2D eigenvalue weighted by Gasteiger charge is -2.46. The number of nitrogens with zero attached hydrogens (tertiary/aromatic N) is 2. The Hall–Kier alpha value is -2.51. The molecule has 0 aliphatic carbocycles. The van der Waals surface area contributed by atoms with Crippen LogP contribution in [0.1, 0.15) is 41.6 Å². The number of aromatic nitrogens is 1. The SMILES string of the molecule is O=C(c1ccc2cc[nH]c2c1)C(c1ccccc1)(C1CO1)N1CCC(CN2CCC(O)CC2)CC1. The Labute approximate surface area is 206 Å². The average Bonchev–Trinajstić information content (AvgIpc) is 3.63. The number of aliphatic hydroxyl groups is 1. The first kappa shape index (κ1) is 22.9. The molecule has 2 atom stereocenters. The van der Waals surface area contributed by atoms with Gasteiger partial charge in [0.25, 0.3) is 0 Å². The van der Waals surface area contributed by atoms with E-state index in [2.05, 4.69) is 26.9 Å². The number of nitrogens with one attached hydrogen (secondary N) is 1. The zero-order valence-corrected chi connectivity index (χ0v) is 20.2. The number of ether oxygens (including phenoxy) is 1. The number of hydrogen-bond donors (Lipinski definition) is 2. The van der Waals surface area contributed by atoms with Crippen LogP contribution in [0.5, 0.6) is 0 Å². The van der Waals surface area contributed by atoms with Crippen LogP contribution in [-0.2, 0) is 10.3 Å². The minimum absolute atomic E-state index is 0.128. The van der Waals surface area contributed by atoms with Gasteiger partial charge < -0.3 is 19.7 Å². The van der Waals surface area contributed by atoms with Crippen molar-refractivity contribution in [2.24, 2.45) is 5.92 Å². The van der Waals surface area contributed by atoms with Crippen molar-refractivity contribution in [2.45, 2.75) is 43.4 Å². The number of aromatic amines is 1. The van der Waals surface area contributed by atoms with E-state index < -0.39 is 5.54 Å². The predicted molar refractivity (Wildman–Crippen MR) is 136 cm³/mol. The van der Waals surface area contributed by atoms with E-state index in [0.717, 1.165) is 80.4 Å². The smallest absolute Gasteiger partial charge is 0.190 e. The maximum absolute atomic E-state index is 14.5. The fourth-order valence-electron chi connectivity index (χ4n) is 6.32. The number of H-pyrrole nitrogens is 1. The molecule has 3 fully saturated rings. The molecule has 6 heteroatoms. The van der Waals surface area contributed by atoms with Gasteiger partial charge in [-0.15, -0.1) is 0 Å². The Morgan fingerprint density at radius 1 is 1.00 bits per heavy atom. The maximum Gasteiger partial charge on any atom is 0.190 e. The second-order valence-electron chi connectivity index (χ2n) is 10.5. The number of carbonyl (C=O) groups excluding carboxylic acids is 1. The van der Waals surface area contributed by atoms with Gasteiger partial charge in [-0.3, -0.25) is 9.69 Å². The highest BCUT2D eigenvalue weighted by Gasteiger charge is 2.58. The second kappa shape index (κ2) is 9.51. The molecule has 1 aromatic heterocycles. The molecule has 184 valence electrons. The molecule has 6 rings (SSSR count). The molecule has 2 N–H and O–H groups in total. The van der Waals surface area contributed by atoms with Gasteiger partial charge in [-0.2, -0.15) is 0 Å². The van der Waals surface area contributed by atoms with E-state index in [1.807, 2.05) is 48.7 Å². The number of epoxide rings is 1. The molecule has 3 saturated heterocycles. The van der Waals surface area contributed by atoms with Crippen LogP contribution in [0.15, 0.2) is 60.8 Å². The van der Waals surface area contributed by atoms with Crippen molar-refractivity contribution in [1.82, 2.24) is 14.8 Å². The van der Waals surface area contributed by atoms with E-state index in [1.54, 1.807) is 0 Å². The summed E-state index contributed by atoms with van der Waals surface area (Å²) in [6.07, 6.45) is 5.57. The van der Waals surface area contributed by atoms with Crippen LogP contribution < -0.4 is 0 Å². The molecule has 0 amide bonds. The van der Waals surface area contributed by atoms with Crippen molar-refractivity contribution in [1.29, 1.82) is 0 Å². The summed E-state index contributed by atoms with van der Waals surface area (Å²) in [6, 6.07) is 18.3. The summed E-state index contributed by atoms with van der Waals surface area (Å²) < 4.78 is 5.95. The van der Waals surface area contributed by atoms with E-state index in [-0.39, 0.29) is 18.0 Å². The zero-order valence-electron chi connectivity index (χ0n) is 20.2. The Kier molecular flexibility index (Phi) is 6.23. The number of fused-ring (bicyclic) bond motifs is 1. The molecule has 0 spiro atoms. The standard InChI is InChI=1S/C29H35N3O3/c33-25-11-14-31(15-12-25)19-21-9-16-32(17-10-21)29(27-20-35-27,24-4-2-1-3-5-24)28(34)23-7-6-22-8-13-30-26(22)18-23/h1-8,13,18,21,25,27,30,33H,9-12,14-17,19-20H2. The normalized spacial score (nSPS) is 24.4. The van der Waals surface area contributed by atoms with Crippen molar-refractivity contribution in [3.8, 4) is 0 Å². The quantitative estimate of drug-likeness (QED) is 0.403. The van der Waals surface area contributed by atoms with Gasteiger partial charge in [0.05, 0.1) is 12.7 Å². The summed E-state index contributed by atoms with van der Waals surface area (Å²) in [4.78, 5) is 22.7. The highest BCUT2D eigenvalue weighted by Crippen LogP contribution is 2.44. The fraction of sp³-hybridized carbons (Fsp3) is 0.483. The van der Waals surface area contributed by atoms with E-state index >= 15 is 0 Å². The molecule has 2 unspecified atom stereocenters. The van der Waals surface area contributed by atoms with Crippen molar-refractivity contribution in [3.63, 3.8) is 0 Å². The van der Waals surface area contributed by atoms with Gasteiger partial charge in [-0.1, -0.05) is 42.5 Å². The molecule has 6 nitrogen and oxygen atoms in total. The van der Waals surface area contributed by atoms with Gasteiger partial charge >= 0.3 is 0 Å². The van der Waals surface area contributed by atoms with Crippen LogP contribution in [0.2, 0.25) is 0 Å². The van der Waals surface area contributed by atoms with Gasteiger partial charge in [0.2, 0.25) is 0 Å². The summed E-state index contributed by atoms with van der Waals surface area (Å²) >= 11 is 0. The topological polar surface area (TPSA) is 72.1 Å². The van der Waals surface area contributed by atoms with Crippen molar-refractivity contribution in [3.05, 3.63) is 71.9 Å². The molecule has 0 saturated carbocycles. The first-order chi connectivity index (χ1) is 17.1. The number of carbonyl (C=O) groups is 1. The molecule has 35 heavy (non-hydrogen) atoms. The lowest BCUT2D eigenvalue weighted by Crippen LogP contribution is -2.58. The average molecular weight is 474 g/mol. The van der Waals surface area contributed by atoms with Gasteiger partial charge in [0, 0.05) is 36.9 Å². The Morgan fingerprint density at radius 3 is 2.46 bits per heavy atom. The van der Waals surface area contributed by atoms with Gasteiger partial charge in [-0.05, 0) is 67.8 Å². The van der Waals surface area contributed by atoms with Crippen LogP contribution >= 0.6 is 0 Å². The molecule has 3 aliphatic heterocycles. The molecular formula is C29H35N3O3. The number of benzene rings is 2. The molecule has 4 heterocycles. The number of likely N-dealkylation sites (tertiary alicyclic amines) is 2. The first-order valence-electron chi connectivity index (χ1n) is 13.1. The monoisotopic (exact) mass is 473 g/mol. The van der Waals surface area contributed by atoms with E-state index in [9.17, 15) is 9.90 Å². The van der Waals surface area contributed by atoms with Gasteiger partial charge in [0.15, 0.2) is 5.78 Å². The number of hydrogen-bond acceptors (Lipinski definition) is 5. The minimum Gasteiger partial charge on any atom is -0.393 e. The van der Waals surface area contributed by atoms with E-state index in [4.69, 9.17) is 4.74 Å². The van der Waals surface area contributed by atoms with Crippen molar-refractivity contribution in [2.75, 3.05) is 39.3 Å². The Bertz CT molecular complexity index is 1160. The van der Waals surface area contributed by atoms with Gasteiger partial charge in [0.1, 0.15) is 11.6 Å². The van der Waals surface area contributed by atoms with E-state index in [1.165, 1.54) is 0 Å². The third-order valence-electron chi connectivity index (χ3n) is 8.36. The largest absolute Gasteiger partial charge is 0.393 e. The molecule has 0 radical (unpaired) electrons. The zero-order chi connectivity index (χ0) is 23.8. The Morgan fingerprint density at radius 2 is 1.74 bits per heavy atom. The summed E-state index contributed by atoms with van der Waals surface area (Å²) in [7, 11) is 0. The van der Waals surface area contributed by atoms with Crippen LogP contribution in [0.25, 0.3) is 10.9 Å². The highest BCUT2D eigenvalue weighted by atomic mass is 16.6. The number of Topliss-reactive ketones (excluding diaryl/α,β-unsaturated/α-hetero) is 1. The van der Waals surface area contributed by atoms with Crippen LogP contribution in [0, 0.1) is 5.92 Å². The third-order valence-corrected chi connectivity index (χ3v) is 8.36. The minimum atomic E-state index is -0.804. The third kappa shape index (κ3) is 4.33. The summed E-state index contributed by atoms with van der Waals surface area (Å²) in [5, 5.41) is 10.9. The highest BCUT2D eigenvalue weighted by molar-refractivity contribution is 6.06. The molecular weight excluding hydrogens is 438 g/mol. The first-order valence-corrected chi connectivity index (χ1v) is 13.1. The molecule has 3 aliphatic rings. The molecule has 2 aromatic carbocycles. The van der Waals surface area contributed by atoms with Gasteiger partial charge in [-0.25, -0.2) is 0 Å².